The first-order valence-corrected chi connectivity index (χ1v) is 4.29. The maximum Gasteiger partial charge on any atom is -0.0241 e. The molecule has 51 valence electrons. The van der Waals surface area contributed by atoms with E-state index >= 15 is 0 Å². The molecule has 3 saturated carbocycles. The van der Waals surface area contributed by atoms with Crippen LogP contribution in [0.4, 0.5) is 0 Å². The highest BCUT2D eigenvalue weighted by atomic mass is 14.3. The molecule has 0 amide bonds. The molecule has 0 aliphatic heterocycles. The summed E-state index contributed by atoms with van der Waals surface area (Å²) in [5, 5.41) is 0. The van der Waals surface area contributed by atoms with Crippen molar-refractivity contribution in [2.45, 2.75) is 44.9 Å². The SMILES string of the molecule is C1C[C]2CCC(C1)CC2. The van der Waals surface area contributed by atoms with Gasteiger partial charge in [-0.15, -0.1) is 0 Å². The van der Waals surface area contributed by atoms with Crippen LogP contribution in [0.15, 0.2) is 0 Å². The number of hydrogen-bond donors (Lipinski definition) is 0. The Balaban J connectivity index is 2.03. The van der Waals surface area contributed by atoms with E-state index in [0.29, 0.717) is 0 Å². The summed E-state index contributed by atoms with van der Waals surface area (Å²) < 4.78 is 0. The topological polar surface area (TPSA) is 0 Å². The smallest absolute Gasteiger partial charge is 0.0241 e. The number of rotatable bonds is 0. The minimum absolute atomic E-state index is 1.12. The van der Waals surface area contributed by atoms with E-state index in [4.69, 9.17) is 0 Å². The highest BCUT2D eigenvalue weighted by Gasteiger charge is 2.24. The van der Waals surface area contributed by atoms with Gasteiger partial charge in [0.15, 0.2) is 0 Å². The Kier molecular flexibility index (Phi) is 1.48. The summed E-state index contributed by atoms with van der Waals surface area (Å²) in [4.78, 5) is 0. The molecule has 0 atom stereocenters. The first-order chi connectivity index (χ1) is 4.45. The van der Waals surface area contributed by atoms with Gasteiger partial charge in [0.1, 0.15) is 0 Å². The molecule has 0 N–H and O–H groups in total. The fourth-order valence-corrected chi connectivity index (χ4v) is 2.27. The molecule has 0 spiro atoms. The van der Waals surface area contributed by atoms with Crippen LogP contribution in [-0.2, 0) is 0 Å². The van der Waals surface area contributed by atoms with E-state index in [2.05, 4.69) is 0 Å². The van der Waals surface area contributed by atoms with Crippen LogP contribution in [0.25, 0.3) is 0 Å². The number of fused-ring (bicyclic) bond motifs is 4. The summed E-state index contributed by atoms with van der Waals surface area (Å²) in [5.74, 6) is 3.00. The zero-order chi connectivity index (χ0) is 6.10. The average Bonchev–Trinajstić information content (AvgIpc) is 2.21. The predicted molar refractivity (Wildman–Crippen MR) is 39.1 cm³/mol. The normalized spacial score (nSPS) is 30.7. The van der Waals surface area contributed by atoms with Crippen LogP contribution >= 0.6 is 0 Å². The van der Waals surface area contributed by atoms with Gasteiger partial charge in [0, 0.05) is 0 Å². The number of hydrogen-bond acceptors (Lipinski definition) is 0. The quantitative estimate of drug-likeness (QED) is 0.464. The Bertz CT molecular complexity index is 70.7. The molecule has 0 aromatic rings. The van der Waals surface area contributed by atoms with E-state index in [-0.39, 0.29) is 0 Å². The second kappa shape index (κ2) is 2.32. The highest BCUT2D eigenvalue weighted by molar-refractivity contribution is 4.97. The zero-order valence-corrected chi connectivity index (χ0v) is 6.03. The molecule has 0 aromatic carbocycles. The second-order valence-electron chi connectivity index (χ2n) is 3.59. The zero-order valence-electron chi connectivity index (χ0n) is 6.03. The molecule has 3 rings (SSSR count). The van der Waals surface area contributed by atoms with Crippen LogP contribution in [0.3, 0.4) is 0 Å². The van der Waals surface area contributed by atoms with Crippen molar-refractivity contribution in [1.29, 1.82) is 0 Å². The Morgan fingerprint density at radius 1 is 0.889 bits per heavy atom. The Morgan fingerprint density at radius 2 is 1.67 bits per heavy atom. The summed E-state index contributed by atoms with van der Waals surface area (Å²) in [7, 11) is 0. The molecule has 3 fully saturated rings. The summed E-state index contributed by atoms with van der Waals surface area (Å²) >= 11 is 0. The van der Waals surface area contributed by atoms with E-state index in [1.54, 1.807) is 0 Å². The van der Waals surface area contributed by atoms with Crippen LogP contribution in [0, 0.1) is 11.8 Å². The maximum absolute atomic E-state index is 1.88. The largest absolute Gasteiger partial charge is 0.0525 e. The van der Waals surface area contributed by atoms with Gasteiger partial charge in [0.25, 0.3) is 0 Å². The molecule has 0 nitrogen and oxygen atoms in total. The third kappa shape index (κ3) is 1.12. The first-order valence-electron chi connectivity index (χ1n) is 4.29. The third-order valence-electron chi connectivity index (χ3n) is 2.95. The van der Waals surface area contributed by atoms with Crippen molar-refractivity contribution in [2.24, 2.45) is 5.92 Å². The predicted octanol–water partition coefficient (Wildman–Crippen LogP) is 2.93. The van der Waals surface area contributed by atoms with Crippen molar-refractivity contribution < 1.29 is 0 Å². The van der Waals surface area contributed by atoms with Gasteiger partial charge in [0.05, 0.1) is 0 Å². The van der Waals surface area contributed by atoms with E-state index in [0.717, 1.165) is 5.92 Å². The lowest BCUT2D eigenvalue weighted by Crippen LogP contribution is -2.07. The monoisotopic (exact) mass is 123 g/mol. The minimum Gasteiger partial charge on any atom is -0.0525 e. The molecular weight excluding hydrogens is 108 g/mol. The van der Waals surface area contributed by atoms with Gasteiger partial charge in [0.2, 0.25) is 0 Å². The van der Waals surface area contributed by atoms with Gasteiger partial charge in [-0.3, -0.25) is 0 Å². The Labute approximate surface area is 57.6 Å². The van der Waals surface area contributed by atoms with Crippen LogP contribution in [-0.4, -0.2) is 0 Å². The molecular formula is C9H15. The van der Waals surface area contributed by atoms with E-state index in [1.807, 2.05) is 5.92 Å². The van der Waals surface area contributed by atoms with Crippen molar-refractivity contribution >= 4 is 0 Å². The fraction of sp³-hybridized carbons (Fsp3) is 0.889. The molecule has 3 aliphatic carbocycles. The standard InChI is InChI=1S/C9H15/c1-2-8-4-6-9(3-1)7-5-8/h8H,1-7H2. The molecule has 0 unspecified atom stereocenters. The first kappa shape index (κ1) is 5.76. The second-order valence-corrected chi connectivity index (χ2v) is 3.59. The maximum atomic E-state index is 1.88. The van der Waals surface area contributed by atoms with Crippen molar-refractivity contribution in [2.75, 3.05) is 0 Å². The summed E-state index contributed by atoms with van der Waals surface area (Å²) in [6, 6.07) is 0. The van der Waals surface area contributed by atoms with Crippen molar-refractivity contribution in [3.8, 4) is 0 Å². The van der Waals surface area contributed by atoms with Crippen molar-refractivity contribution in [3.05, 3.63) is 5.92 Å². The van der Waals surface area contributed by atoms with Crippen molar-refractivity contribution in [3.63, 3.8) is 0 Å². The van der Waals surface area contributed by atoms with Gasteiger partial charge in [-0.05, 0) is 43.9 Å². The fourth-order valence-electron chi connectivity index (χ4n) is 2.27. The van der Waals surface area contributed by atoms with Crippen LogP contribution in [0.2, 0.25) is 0 Å². The van der Waals surface area contributed by atoms with E-state index < -0.39 is 0 Å². The third-order valence-corrected chi connectivity index (χ3v) is 2.95. The van der Waals surface area contributed by atoms with Crippen LogP contribution in [0.5, 0.6) is 0 Å². The average molecular weight is 123 g/mol. The van der Waals surface area contributed by atoms with Gasteiger partial charge in [-0.2, -0.15) is 0 Å². The lowest BCUT2D eigenvalue weighted by Gasteiger charge is -2.21. The van der Waals surface area contributed by atoms with Gasteiger partial charge in [-0.1, -0.05) is 12.8 Å². The van der Waals surface area contributed by atoms with Gasteiger partial charge >= 0.3 is 0 Å². The molecule has 3 aliphatic rings. The Morgan fingerprint density at radius 3 is 2.44 bits per heavy atom. The summed E-state index contributed by atoms with van der Waals surface area (Å²) in [6.45, 7) is 0. The highest BCUT2D eigenvalue weighted by Crippen LogP contribution is 2.39. The Hall–Kier alpha value is 0. The van der Waals surface area contributed by atoms with Crippen molar-refractivity contribution in [1.82, 2.24) is 0 Å². The molecule has 0 heteroatoms. The molecule has 9 heavy (non-hydrogen) atoms. The van der Waals surface area contributed by atoms with Crippen LogP contribution in [0.1, 0.15) is 44.9 Å². The lowest BCUT2D eigenvalue weighted by molar-refractivity contribution is 0.393. The summed E-state index contributed by atoms with van der Waals surface area (Å²) in [5.41, 5.74) is 0. The molecule has 0 heterocycles. The minimum atomic E-state index is 1.12. The summed E-state index contributed by atoms with van der Waals surface area (Å²) in [6.07, 6.45) is 10.5. The molecule has 2 bridgehead atoms. The van der Waals surface area contributed by atoms with E-state index in [9.17, 15) is 0 Å². The van der Waals surface area contributed by atoms with Gasteiger partial charge < -0.3 is 0 Å². The van der Waals surface area contributed by atoms with E-state index in [1.165, 1.54) is 44.9 Å². The van der Waals surface area contributed by atoms with Crippen LogP contribution < -0.4 is 0 Å². The molecule has 1 radical (unpaired) electrons. The lowest BCUT2D eigenvalue weighted by atomic mass is 9.84. The molecule has 0 saturated heterocycles. The molecule has 0 aromatic heterocycles. The van der Waals surface area contributed by atoms with Gasteiger partial charge in [-0.25, -0.2) is 0 Å².